The van der Waals surface area contributed by atoms with Gasteiger partial charge in [-0.1, -0.05) is 24.3 Å². The highest BCUT2D eigenvalue weighted by Crippen LogP contribution is 2.38. The van der Waals surface area contributed by atoms with Crippen LogP contribution in [0.5, 0.6) is 17.2 Å². The number of benzene rings is 2. The van der Waals surface area contributed by atoms with Crippen molar-refractivity contribution in [3.05, 3.63) is 59.2 Å². The van der Waals surface area contributed by atoms with Gasteiger partial charge in [-0.05, 0) is 47.7 Å². The molecule has 0 aliphatic heterocycles. The van der Waals surface area contributed by atoms with Gasteiger partial charge in [-0.25, -0.2) is 4.79 Å². The van der Waals surface area contributed by atoms with E-state index in [0.717, 1.165) is 18.4 Å². The molecule has 1 amide bonds. The molecule has 1 unspecified atom stereocenters. The highest BCUT2D eigenvalue weighted by molar-refractivity contribution is 5.89. The molecule has 2 aromatic rings. The summed E-state index contributed by atoms with van der Waals surface area (Å²) in [6, 6.07) is 11.4. The van der Waals surface area contributed by atoms with E-state index >= 15 is 0 Å². The topological polar surface area (TPSA) is 83.1 Å². The first kappa shape index (κ1) is 21.2. The van der Waals surface area contributed by atoms with Crippen LogP contribution >= 0.6 is 0 Å². The summed E-state index contributed by atoms with van der Waals surface area (Å²) in [4.78, 5) is 24.2. The number of rotatable bonds is 8. The SMILES string of the molecule is COc1cc(C=CC(=O)OCC(=O)NC2CCc3ccccc32)cc(OC)c1OC. The molecule has 3 rings (SSSR count). The average molecular weight is 411 g/mol. The van der Waals surface area contributed by atoms with Gasteiger partial charge in [0.25, 0.3) is 5.91 Å². The Morgan fingerprint density at radius 1 is 1.07 bits per heavy atom. The maximum absolute atomic E-state index is 12.2. The highest BCUT2D eigenvalue weighted by Gasteiger charge is 2.23. The van der Waals surface area contributed by atoms with Gasteiger partial charge >= 0.3 is 5.97 Å². The molecule has 1 aliphatic carbocycles. The first-order chi connectivity index (χ1) is 14.5. The predicted octanol–water partition coefficient (Wildman–Crippen LogP) is 3.07. The van der Waals surface area contributed by atoms with E-state index in [2.05, 4.69) is 11.4 Å². The molecule has 0 radical (unpaired) electrons. The summed E-state index contributed by atoms with van der Waals surface area (Å²) >= 11 is 0. The summed E-state index contributed by atoms with van der Waals surface area (Å²) in [6.07, 6.45) is 4.58. The summed E-state index contributed by atoms with van der Waals surface area (Å²) in [5, 5.41) is 2.92. The first-order valence-corrected chi connectivity index (χ1v) is 9.57. The molecule has 0 aromatic heterocycles. The Labute approximate surface area is 175 Å². The molecule has 158 valence electrons. The fraction of sp³-hybridized carbons (Fsp3) is 0.304. The van der Waals surface area contributed by atoms with Gasteiger partial charge in [-0.2, -0.15) is 0 Å². The summed E-state index contributed by atoms with van der Waals surface area (Å²) in [5.74, 6) is 0.462. The van der Waals surface area contributed by atoms with Crippen molar-refractivity contribution in [1.82, 2.24) is 5.32 Å². The number of carbonyl (C=O) groups excluding carboxylic acids is 2. The van der Waals surface area contributed by atoms with Gasteiger partial charge in [0.1, 0.15) is 0 Å². The molecule has 0 saturated carbocycles. The molecule has 7 nitrogen and oxygen atoms in total. The number of aryl methyl sites for hydroxylation is 1. The molecule has 0 saturated heterocycles. The molecule has 1 atom stereocenters. The van der Waals surface area contributed by atoms with Gasteiger partial charge in [-0.3, -0.25) is 4.79 Å². The van der Waals surface area contributed by atoms with Crippen LogP contribution in [0.25, 0.3) is 6.08 Å². The molecule has 0 bridgehead atoms. The number of amides is 1. The maximum Gasteiger partial charge on any atom is 0.331 e. The number of esters is 1. The van der Waals surface area contributed by atoms with Crippen LogP contribution in [0.2, 0.25) is 0 Å². The van der Waals surface area contributed by atoms with Crippen molar-refractivity contribution < 1.29 is 28.5 Å². The monoisotopic (exact) mass is 411 g/mol. The fourth-order valence-corrected chi connectivity index (χ4v) is 3.49. The molecule has 7 heteroatoms. The summed E-state index contributed by atoms with van der Waals surface area (Å²) in [6.45, 7) is -0.336. The van der Waals surface area contributed by atoms with Crippen LogP contribution in [0.15, 0.2) is 42.5 Å². The van der Waals surface area contributed by atoms with Gasteiger partial charge < -0.3 is 24.3 Å². The molecule has 0 fully saturated rings. The first-order valence-electron chi connectivity index (χ1n) is 9.57. The Balaban J connectivity index is 1.54. The van der Waals surface area contributed by atoms with E-state index in [1.807, 2.05) is 18.2 Å². The number of hydrogen-bond acceptors (Lipinski definition) is 6. The Morgan fingerprint density at radius 3 is 2.43 bits per heavy atom. The minimum atomic E-state index is -0.620. The fourth-order valence-electron chi connectivity index (χ4n) is 3.49. The van der Waals surface area contributed by atoms with E-state index in [1.54, 1.807) is 18.2 Å². The Kier molecular flexibility index (Phi) is 6.95. The van der Waals surface area contributed by atoms with Crippen molar-refractivity contribution in [1.29, 1.82) is 0 Å². The zero-order valence-electron chi connectivity index (χ0n) is 17.3. The lowest BCUT2D eigenvalue weighted by Gasteiger charge is -2.14. The van der Waals surface area contributed by atoms with Crippen LogP contribution in [0, 0.1) is 0 Å². The Morgan fingerprint density at radius 2 is 1.77 bits per heavy atom. The standard InChI is InChI=1S/C23H25NO6/c1-27-19-12-15(13-20(28-2)23(19)29-3)8-11-22(26)30-14-21(25)24-18-10-9-16-6-4-5-7-17(16)18/h4-8,11-13,18H,9-10,14H2,1-3H3,(H,24,25). The van der Waals surface area contributed by atoms with Crippen molar-refractivity contribution in [3.63, 3.8) is 0 Å². The van der Waals surface area contributed by atoms with E-state index in [1.165, 1.54) is 33.0 Å². The van der Waals surface area contributed by atoms with E-state index in [4.69, 9.17) is 18.9 Å². The third kappa shape index (κ3) is 4.92. The normalized spacial score (nSPS) is 14.8. The van der Waals surface area contributed by atoms with E-state index in [0.29, 0.717) is 22.8 Å². The third-order valence-corrected chi connectivity index (χ3v) is 4.91. The van der Waals surface area contributed by atoms with Crippen molar-refractivity contribution in [2.45, 2.75) is 18.9 Å². The van der Waals surface area contributed by atoms with Crippen LogP contribution in [0.3, 0.4) is 0 Å². The number of carbonyl (C=O) groups is 2. The van der Waals surface area contributed by atoms with Crippen molar-refractivity contribution in [2.24, 2.45) is 0 Å². The summed E-state index contributed by atoms with van der Waals surface area (Å²) in [5.41, 5.74) is 3.03. The molecular weight excluding hydrogens is 386 g/mol. The smallest absolute Gasteiger partial charge is 0.331 e. The summed E-state index contributed by atoms with van der Waals surface area (Å²) in [7, 11) is 4.54. The maximum atomic E-state index is 12.2. The lowest BCUT2D eigenvalue weighted by Crippen LogP contribution is -2.31. The van der Waals surface area contributed by atoms with Crippen LogP contribution in [0.4, 0.5) is 0 Å². The number of hydrogen-bond donors (Lipinski definition) is 1. The molecular formula is C23H25NO6. The number of fused-ring (bicyclic) bond motifs is 1. The molecule has 1 aliphatic rings. The Bertz CT molecular complexity index is 927. The Hall–Kier alpha value is -3.48. The van der Waals surface area contributed by atoms with E-state index in [9.17, 15) is 9.59 Å². The highest BCUT2D eigenvalue weighted by atomic mass is 16.5. The zero-order chi connectivity index (χ0) is 21.5. The second-order valence-electron chi connectivity index (χ2n) is 6.76. The van der Waals surface area contributed by atoms with Crippen molar-refractivity contribution >= 4 is 18.0 Å². The van der Waals surface area contributed by atoms with Crippen LogP contribution < -0.4 is 19.5 Å². The average Bonchev–Trinajstić information content (AvgIpc) is 3.18. The minimum Gasteiger partial charge on any atom is -0.493 e. The van der Waals surface area contributed by atoms with Crippen molar-refractivity contribution in [3.8, 4) is 17.2 Å². The van der Waals surface area contributed by atoms with Gasteiger partial charge in [0.2, 0.25) is 5.75 Å². The molecule has 0 spiro atoms. The van der Waals surface area contributed by atoms with Crippen molar-refractivity contribution in [2.75, 3.05) is 27.9 Å². The van der Waals surface area contributed by atoms with Gasteiger partial charge in [0.15, 0.2) is 18.1 Å². The molecule has 30 heavy (non-hydrogen) atoms. The number of ether oxygens (including phenoxy) is 4. The third-order valence-electron chi connectivity index (χ3n) is 4.91. The summed E-state index contributed by atoms with van der Waals surface area (Å²) < 4.78 is 20.9. The predicted molar refractivity (Wildman–Crippen MR) is 112 cm³/mol. The largest absolute Gasteiger partial charge is 0.493 e. The number of methoxy groups -OCH3 is 3. The quantitative estimate of drug-likeness (QED) is 0.531. The van der Waals surface area contributed by atoms with Gasteiger partial charge in [-0.15, -0.1) is 0 Å². The molecule has 2 aromatic carbocycles. The zero-order valence-corrected chi connectivity index (χ0v) is 17.3. The van der Waals surface area contributed by atoms with E-state index in [-0.39, 0.29) is 18.6 Å². The minimum absolute atomic E-state index is 0.0397. The second-order valence-corrected chi connectivity index (χ2v) is 6.76. The second kappa shape index (κ2) is 9.82. The number of nitrogens with one attached hydrogen (secondary N) is 1. The van der Waals surface area contributed by atoms with E-state index < -0.39 is 5.97 Å². The molecule has 0 heterocycles. The van der Waals surface area contributed by atoms with Crippen LogP contribution in [0.1, 0.15) is 29.2 Å². The van der Waals surface area contributed by atoms with Crippen LogP contribution in [-0.2, 0) is 20.7 Å². The van der Waals surface area contributed by atoms with Gasteiger partial charge in [0, 0.05) is 6.08 Å². The molecule has 1 N–H and O–H groups in total. The van der Waals surface area contributed by atoms with Gasteiger partial charge in [0.05, 0.1) is 27.4 Å². The lowest BCUT2D eigenvalue weighted by molar-refractivity contribution is -0.144. The van der Waals surface area contributed by atoms with Crippen LogP contribution in [-0.4, -0.2) is 39.8 Å². The lowest BCUT2D eigenvalue weighted by atomic mass is 10.1.